The van der Waals surface area contributed by atoms with E-state index in [4.69, 9.17) is 11.6 Å². The maximum absolute atomic E-state index is 5.41. The van der Waals surface area contributed by atoms with Crippen molar-refractivity contribution in [3.05, 3.63) is 11.6 Å². The minimum Gasteiger partial charge on any atom is -0.290 e. The van der Waals surface area contributed by atoms with Crippen molar-refractivity contribution < 1.29 is 0 Å². The second-order valence-electron chi connectivity index (χ2n) is 1.08. The van der Waals surface area contributed by atoms with Crippen LogP contribution in [-0.4, -0.2) is 11.0 Å². The first-order valence-electron chi connectivity index (χ1n) is 1.84. The molecule has 0 aromatic carbocycles. The van der Waals surface area contributed by atoms with Gasteiger partial charge in [-0.25, -0.2) is 0 Å². The van der Waals surface area contributed by atoms with Crippen LogP contribution in [-0.2, 0) is 0 Å². The van der Waals surface area contributed by atoms with Crippen molar-refractivity contribution >= 4 is 23.5 Å². The van der Waals surface area contributed by atoms with Gasteiger partial charge in [-0.3, -0.25) is 5.01 Å². The maximum Gasteiger partial charge on any atom is 0.109 e. The van der Waals surface area contributed by atoms with E-state index in [0.717, 1.165) is 0 Å². The monoisotopic (exact) mass is 136 g/mol. The maximum atomic E-state index is 5.41. The van der Waals surface area contributed by atoms with E-state index >= 15 is 0 Å². The number of nitrogens with zero attached hydrogens (tertiary/aromatic N) is 1. The fourth-order valence-corrected chi connectivity index (χ4v) is 1.04. The molecule has 0 bridgehead atoms. The van der Waals surface area contributed by atoms with Crippen LogP contribution in [0.3, 0.4) is 0 Å². The molecule has 0 spiro atoms. The zero-order chi connectivity index (χ0) is 5.11. The smallest absolute Gasteiger partial charge is 0.109 e. The molecule has 1 aliphatic rings. The highest BCUT2D eigenvalue weighted by molar-refractivity contribution is 8.00. The number of alkyl halides is 1. The minimum absolute atomic E-state index is 0.503. The average Bonchev–Trinajstić information content (AvgIpc) is 2.14. The SMILES string of the molecule is ClCN1C=CSN1. The molecule has 1 aliphatic heterocycles. The van der Waals surface area contributed by atoms with Gasteiger partial charge in [-0.2, -0.15) is 4.83 Å². The normalized spacial score (nSPS) is 18.7. The summed E-state index contributed by atoms with van der Waals surface area (Å²) in [6, 6.07) is 0.503. The number of nitrogens with one attached hydrogen (secondary N) is 1. The second kappa shape index (κ2) is 2.45. The third-order valence-corrected chi connectivity index (χ3v) is 1.46. The van der Waals surface area contributed by atoms with Gasteiger partial charge in [0, 0.05) is 11.6 Å². The van der Waals surface area contributed by atoms with Crippen LogP contribution in [0.1, 0.15) is 0 Å². The fourth-order valence-electron chi connectivity index (χ4n) is 0.297. The van der Waals surface area contributed by atoms with Crippen LogP contribution >= 0.6 is 23.5 Å². The van der Waals surface area contributed by atoms with E-state index in [2.05, 4.69) is 4.83 Å². The highest BCUT2D eigenvalue weighted by atomic mass is 35.5. The molecule has 7 heavy (non-hydrogen) atoms. The lowest BCUT2D eigenvalue weighted by molar-refractivity contribution is 0.423. The highest BCUT2D eigenvalue weighted by Gasteiger charge is 1.98. The van der Waals surface area contributed by atoms with Crippen LogP contribution in [0.15, 0.2) is 11.6 Å². The topological polar surface area (TPSA) is 15.3 Å². The lowest BCUT2D eigenvalue weighted by Crippen LogP contribution is -2.21. The summed E-state index contributed by atoms with van der Waals surface area (Å²) >= 11 is 6.92. The van der Waals surface area contributed by atoms with E-state index in [1.54, 1.807) is 5.01 Å². The van der Waals surface area contributed by atoms with Crippen molar-refractivity contribution in [2.75, 3.05) is 6.00 Å². The minimum atomic E-state index is 0.503. The standard InChI is InChI=1S/C3H5ClN2S/c4-3-6-1-2-7-5-6/h1-2,5H,3H2. The van der Waals surface area contributed by atoms with E-state index in [0.29, 0.717) is 6.00 Å². The van der Waals surface area contributed by atoms with Crippen molar-refractivity contribution in [3.63, 3.8) is 0 Å². The molecule has 2 nitrogen and oxygen atoms in total. The molecule has 0 aliphatic carbocycles. The van der Waals surface area contributed by atoms with Crippen LogP contribution in [0.2, 0.25) is 0 Å². The molecule has 0 saturated carbocycles. The van der Waals surface area contributed by atoms with Crippen molar-refractivity contribution in [2.24, 2.45) is 0 Å². The molecule has 0 unspecified atom stereocenters. The molecule has 1 rings (SSSR count). The number of hydrogen-bond acceptors (Lipinski definition) is 3. The Kier molecular flexibility index (Phi) is 1.85. The van der Waals surface area contributed by atoms with Gasteiger partial charge in [0.25, 0.3) is 0 Å². The first-order chi connectivity index (χ1) is 3.43. The van der Waals surface area contributed by atoms with Gasteiger partial charge in [0.05, 0.1) is 0 Å². The van der Waals surface area contributed by atoms with E-state index in [1.165, 1.54) is 11.9 Å². The Morgan fingerprint density at radius 3 is 3.00 bits per heavy atom. The van der Waals surface area contributed by atoms with Crippen molar-refractivity contribution in [3.8, 4) is 0 Å². The molecule has 1 N–H and O–H groups in total. The first-order valence-corrected chi connectivity index (χ1v) is 3.25. The Morgan fingerprint density at radius 1 is 1.86 bits per heavy atom. The predicted molar refractivity (Wildman–Crippen MR) is 32.4 cm³/mol. The van der Waals surface area contributed by atoms with Crippen molar-refractivity contribution in [1.29, 1.82) is 0 Å². The van der Waals surface area contributed by atoms with Crippen molar-refractivity contribution in [2.45, 2.75) is 0 Å². The molecule has 1 heterocycles. The molecule has 0 amide bonds. The zero-order valence-corrected chi connectivity index (χ0v) is 5.17. The van der Waals surface area contributed by atoms with Gasteiger partial charge >= 0.3 is 0 Å². The van der Waals surface area contributed by atoms with Gasteiger partial charge in [0.1, 0.15) is 6.00 Å². The zero-order valence-electron chi connectivity index (χ0n) is 3.60. The largest absolute Gasteiger partial charge is 0.290 e. The lowest BCUT2D eigenvalue weighted by Gasteiger charge is -2.07. The number of hydrogen-bond donors (Lipinski definition) is 1. The summed E-state index contributed by atoms with van der Waals surface area (Å²) in [7, 11) is 0. The van der Waals surface area contributed by atoms with E-state index in [-0.39, 0.29) is 0 Å². The van der Waals surface area contributed by atoms with Gasteiger partial charge in [0.15, 0.2) is 0 Å². The summed E-state index contributed by atoms with van der Waals surface area (Å²) in [5.74, 6) is 0. The van der Waals surface area contributed by atoms with E-state index in [1.807, 2.05) is 11.6 Å². The molecule has 0 aromatic heterocycles. The average molecular weight is 137 g/mol. The Bertz CT molecular complexity index is 85.0. The van der Waals surface area contributed by atoms with Gasteiger partial charge in [-0.1, -0.05) is 0 Å². The van der Waals surface area contributed by atoms with Crippen LogP contribution in [0.4, 0.5) is 0 Å². The summed E-state index contributed by atoms with van der Waals surface area (Å²) in [6.45, 7) is 0. The molecule has 0 aromatic rings. The molecule has 0 saturated heterocycles. The van der Waals surface area contributed by atoms with Gasteiger partial charge in [-0.15, -0.1) is 11.6 Å². The van der Waals surface area contributed by atoms with E-state index < -0.39 is 0 Å². The summed E-state index contributed by atoms with van der Waals surface area (Å²) in [5, 5.41) is 3.72. The van der Waals surface area contributed by atoms with Crippen LogP contribution < -0.4 is 4.83 Å². The molecule has 0 fully saturated rings. The Labute approximate surface area is 51.6 Å². The van der Waals surface area contributed by atoms with Crippen LogP contribution in [0, 0.1) is 0 Å². The molecular weight excluding hydrogens is 132 g/mol. The van der Waals surface area contributed by atoms with Gasteiger partial charge in [-0.05, 0) is 11.9 Å². The van der Waals surface area contributed by atoms with Crippen molar-refractivity contribution in [1.82, 2.24) is 9.84 Å². The fraction of sp³-hybridized carbons (Fsp3) is 0.333. The van der Waals surface area contributed by atoms with Gasteiger partial charge < -0.3 is 0 Å². The molecule has 4 heteroatoms. The molecule has 40 valence electrons. The summed E-state index contributed by atoms with van der Waals surface area (Å²) in [6.07, 6.45) is 1.89. The Balaban J connectivity index is 2.28. The third kappa shape index (κ3) is 1.26. The summed E-state index contributed by atoms with van der Waals surface area (Å²) in [5.41, 5.74) is 0. The number of hydrazine groups is 1. The molecular formula is C3H5ClN2S. The molecule has 0 atom stereocenters. The Morgan fingerprint density at radius 2 is 2.71 bits per heavy atom. The van der Waals surface area contributed by atoms with E-state index in [9.17, 15) is 0 Å². The first kappa shape index (κ1) is 5.28. The summed E-state index contributed by atoms with van der Waals surface area (Å²) < 4.78 is 0. The third-order valence-electron chi connectivity index (χ3n) is 0.608. The molecule has 0 radical (unpaired) electrons. The lowest BCUT2D eigenvalue weighted by atomic mass is 11.0. The van der Waals surface area contributed by atoms with Crippen LogP contribution in [0.25, 0.3) is 0 Å². The van der Waals surface area contributed by atoms with Gasteiger partial charge in [0.2, 0.25) is 0 Å². The highest BCUT2D eigenvalue weighted by Crippen LogP contribution is 2.07. The second-order valence-corrected chi connectivity index (χ2v) is 2.01. The predicted octanol–water partition coefficient (Wildman–Crippen LogP) is 1.12. The Hall–Kier alpha value is 0.140. The number of halogens is 1. The summed E-state index contributed by atoms with van der Waals surface area (Å²) in [4.78, 5) is 2.91. The van der Waals surface area contributed by atoms with Crippen LogP contribution in [0.5, 0.6) is 0 Å². The number of rotatable bonds is 1. The quantitative estimate of drug-likeness (QED) is 0.331.